The molecule has 1 amide bonds. The van der Waals surface area contributed by atoms with Gasteiger partial charge in [-0.05, 0) is 47.6 Å². The molecule has 4 aromatic rings. The van der Waals surface area contributed by atoms with Crippen molar-refractivity contribution in [2.75, 3.05) is 12.3 Å². The number of nitrogens with zero attached hydrogens (tertiary/aromatic N) is 7. The van der Waals surface area contributed by atoms with Gasteiger partial charge >= 0.3 is 0 Å². The third-order valence-corrected chi connectivity index (χ3v) is 4.89. The predicted octanol–water partition coefficient (Wildman–Crippen LogP) is 2.62. The molecule has 4 rings (SSSR count). The summed E-state index contributed by atoms with van der Waals surface area (Å²) in [4.78, 5) is 23.3. The number of ether oxygens (including phenoxy) is 1. The average molecular weight is 498 g/mol. The van der Waals surface area contributed by atoms with E-state index in [4.69, 9.17) is 22.1 Å². The summed E-state index contributed by atoms with van der Waals surface area (Å²) in [6.07, 6.45) is 1.22. The Morgan fingerprint density at radius 3 is 2.74 bits per heavy atom. The molecule has 0 radical (unpaired) electrons. The van der Waals surface area contributed by atoms with Crippen LogP contribution in [0.25, 0.3) is 17.1 Å². The highest BCUT2D eigenvalue weighted by Crippen LogP contribution is 2.28. The number of nitro benzene ring substituents is 1. The fourth-order valence-corrected chi connectivity index (χ4v) is 3.21. The molecule has 14 nitrogen and oxygen atoms in total. The molecule has 178 valence electrons. The minimum atomic E-state index is -0.713. The number of anilines is 1. The first-order chi connectivity index (χ1) is 16.9. The molecule has 15 heteroatoms. The van der Waals surface area contributed by atoms with E-state index in [-0.39, 0.29) is 33.7 Å². The molecule has 0 atom stereocenters. The number of hydrazone groups is 1. The molecule has 3 N–H and O–H groups in total. The highest BCUT2D eigenvalue weighted by atomic mass is 35.5. The van der Waals surface area contributed by atoms with E-state index in [2.05, 4.69) is 35.8 Å². The first kappa shape index (κ1) is 23.3. The maximum atomic E-state index is 12.9. The first-order valence-electron chi connectivity index (χ1n) is 9.93. The number of carbonyl (C=O) groups excluding carboxylic acids is 1. The molecule has 0 aliphatic rings. The molecular formula is C20H16ClN9O5. The topological polar surface area (TPSA) is 189 Å². The number of nitrogen functional groups attached to an aromatic ring is 1. The largest absolute Gasteiger partial charge is 0.494 e. The van der Waals surface area contributed by atoms with Crippen molar-refractivity contribution in [1.82, 2.24) is 30.7 Å². The summed E-state index contributed by atoms with van der Waals surface area (Å²) in [6.45, 7) is 2.35. The Morgan fingerprint density at radius 1 is 1.31 bits per heavy atom. The number of rotatable bonds is 8. The van der Waals surface area contributed by atoms with Crippen LogP contribution >= 0.6 is 11.6 Å². The molecule has 0 aliphatic heterocycles. The van der Waals surface area contributed by atoms with Gasteiger partial charge in [0.15, 0.2) is 5.69 Å². The van der Waals surface area contributed by atoms with Crippen molar-refractivity contribution in [2.45, 2.75) is 6.92 Å². The van der Waals surface area contributed by atoms with Crippen LogP contribution in [0.5, 0.6) is 5.75 Å². The van der Waals surface area contributed by atoms with E-state index >= 15 is 0 Å². The van der Waals surface area contributed by atoms with Crippen molar-refractivity contribution >= 4 is 35.2 Å². The van der Waals surface area contributed by atoms with E-state index in [1.807, 2.05) is 6.92 Å². The zero-order valence-electron chi connectivity index (χ0n) is 18.0. The smallest absolute Gasteiger partial charge is 0.294 e. The summed E-state index contributed by atoms with van der Waals surface area (Å²) in [5, 5.41) is 30.1. The van der Waals surface area contributed by atoms with Crippen LogP contribution in [0.2, 0.25) is 5.02 Å². The molecular weight excluding hydrogens is 482 g/mol. The van der Waals surface area contributed by atoms with E-state index in [0.717, 1.165) is 0 Å². The van der Waals surface area contributed by atoms with Gasteiger partial charge in [-0.25, -0.2) is 10.1 Å². The molecule has 0 fully saturated rings. The second-order valence-corrected chi connectivity index (χ2v) is 7.20. The first-order valence-corrected chi connectivity index (χ1v) is 10.3. The van der Waals surface area contributed by atoms with Crippen LogP contribution in [-0.4, -0.2) is 49.0 Å². The number of nitrogens with one attached hydrogen (secondary N) is 1. The summed E-state index contributed by atoms with van der Waals surface area (Å²) in [5.74, 6) is -0.103. The van der Waals surface area contributed by atoms with E-state index in [1.54, 1.807) is 24.3 Å². The summed E-state index contributed by atoms with van der Waals surface area (Å²) >= 11 is 5.81. The molecule has 0 spiro atoms. The van der Waals surface area contributed by atoms with Gasteiger partial charge in [0.2, 0.25) is 11.6 Å². The molecule has 0 unspecified atom stereocenters. The fourth-order valence-electron chi connectivity index (χ4n) is 3.02. The van der Waals surface area contributed by atoms with Crippen LogP contribution in [0.1, 0.15) is 23.0 Å². The average Bonchev–Trinajstić information content (AvgIpc) is 3.46. The Kier molecular flexibility index (Phi) is 6.64. The standard InChI is InChI=1S/C20H16ClN9O5/c1-2-34-13-6-4-12(5-7-13)17-16(24-28-29(17)19-18(22)26-35-27-19)20(31)25-23-10-11-3-8-14(21)15(9-11)30(32)33/h3-10H,2H2,1H3,(H2,22,26)(H,25,31)/b23-10-. The van der Waals surface area contributed by atoms with Crippen molar-refractivity contribution in [3.63, 3.8) is 0 Å². The van der Waals surface area contributed by atoms with Crippen LogP contribution in [0.15, 0.2) is 52.2 Å². The van der Waals surface area contributed by atoms with Gasteiger partial charge in [0.25, 0.3) is 11.6 Å². The summed E-state index contributed by atoms with van der Waals surface area (Å²) in [5.41, 5.74) is 8.86. The number of halogens is 1. The minimum Gasteiger partial charge on any atom is -0.494 e. The van der Waals surface area contributed by atoms with Crippen molar-refractivity contribution in [1.29, 1.82) is 0 Å². The number of carbonyl (C=O) groups is 1. The van der Waals surface area contributed by atoms with Crippen molar-refractivity contribution < 1.29 is 19.1 Å². The molecule has 0 aliphatic carbocycles. The fraction of sp³-hybridized carbons (Fsp3) is 0.100. The van der Waals surface area contributed by atoms with Gasteiger partial charge in [-0.15, -0.1) is 5.10 Å². The third kappa shape index (κ3) is 4.91. The second-order valence-electron chi connectivity index (χ2n) is 6.80. The van der Waals surface area contributed by atoms with Crippen molar-refractivity contribution in [2.24, 2.45) is 5.10 Å². The molecule has 2 aromatic carbocycles. The third-order valence-electron chi connectivity index (χ3n) is 4.57. The highest BCUT2D eigenvalue weighted by molar-refractivity contribution is 6.32. The lowest BCUT2D eigenvalue weighted by atomic mass is 10.1. The van der Waals surface area contributed by atoms with Crippen LogP contribution in [-0.2, 0) is 0 Å². The summed E-state index contributed by atoms with van der Waals surface area (Å²) in [7, 11) is 0. The summed E-state index contributed by atoms with van der Waals surface area (Å²) in [6, 6.07) is 10.9. The van der Waals surface area contributed by atoms with Crippen molar-refractivity contribution in [3.05, 3.63) is 68.9 Å². The Labute approximate surface area is 201 Å². The monoisotopic (exact) mass is 497 g/mol. The van der Waals surface area contributed by atoms with E-state index in [0.29, 0.717) is 23.5 Å². The van der Waals surface area contributed by atoms with Gasteiger partial charge in [-0.2, -0.15) is 9.78 Å². The Bertz CT molecular complexity index is 1410. The lowest BCUT2D eigenvalue weighted by Crippen LogP contribution is -2.19. The Hall–Kier alpha value is -4.85. The SMILES string of the molecule is CCOc1ccc(-c2c(C(=O)N/N=C\c3ccc(Cl)c([N+](=O)[O-])c3)nnn2-c2nonc2N)cc1. The van der Waals surface area contributed by atoms with E-state index in [1.165, 1.54) is 29.1 Å². The molecule has 0 bridgehead atoms. The van der Waals surface area contributed by atoms with Crippen molar-refractivity contribution in [3.8, 4) is 22.8 Å². The summed E-state index contributed by atoms with van der Waals surface area (Å²) < 4.78 is 11.3. The maximum Gasteiger partial charge on any atom is 0.294 e. The van der Waals surface area contributed by atoms with E-state index < -0.39 is 10.8 Å². The van der Waals surface area contributed by atoms with Crippen LogP contribution in [0.4, 0.5) is 11.5 Å². The number of hydrogen-bond donors (Lipinski definition) is 2. The molecule has 0 saturated heterocycles. The molecule has 35 heavy (non-hydrogen) atoms. The van der Waals surface area contributed by atoms with Crippen LogP contribution in [0, 0.1) is 10.1 Å². The highest BCUT2D eigenvalue weighted by Gasteiger charge is 2.25. The lowest BCUT2D eigenvalue weighted by Gasteiger charge is -2.07. The minimum absolute atomic E-state index is 0.0191. The predicted molar refractivity (Wildman–Crippen MR) is 123 cm³/mol. The van der Waals surface area contributed by atoms with Gasteiger partial charge in [0.05, 0.1) is 17.7 Å². The number of nitro groups is 1. The van der Waals surface area contributed by atoms with Gasteiger partial charge in [-0.1, -0.05) is 22.9 Å². The number of hydrogen-bond acceptors (Lipinski definition) is 11. The molecule has 2 aromatic heterocycles. The van der Waals surface area contributed by atoms with E-state index in [9.17, 15) is 14.9 Å². The number of amides is 1. The number of nitrogens with two attached hydrogens (primary N) is 1. The van der Waals surface area contributed by atoms with Gasteiger partial charge in [0, 0.05) is 17.2 Å². The van der Waals surface area contributed by atoms with Gasteiger partial charge < -0.3 is 10.5 Å². The van der Waals surface area contributed by atoms with Crippen LogP contribution in [0.3, 0.4) is 0 Å². The Balaban J connectivity index is 1.65. The Morgan fingerprint density at radius 2 is 2.09 bits per heavy atom. The zero-order valence-corrected chi connectivity index (χ0v) is 18.7. The quantitative estimate of drug-likeness (QED) is 0.208. The lowest BCUT2D eigenvalue weighted by molar-refractivity contribution is -0.384. The van der Waals surface area contributed by atoms with Gasteiger partial charge in [-0.3, -0.25) is 14.9 Å². The zero-order chi connectivity index (χ0) is 24.9. The van der Waals surface area contributed by atoms with Gasteiger partial charge in [0.1, 0.15) is 16.5 Å². The number of aromatic nitrogens is 5. The molecule has 0 saturated carbocycles. The normalized spacial score (nSPS) is 11.0. The maximum absolute atomic E-state index is 12.9. The van der Waals surface area contributed by atoms with Crippen LogP contribution < -0.4 is 15.9 Å². The number of benzene rings is 2. The second kappa shape index (κ2) is 9.96. The molecule has 2 heterocycles.